The number of anilines is 1. The van der Waals surface area contributed by atoms with Gasteiger partial charge in [0, 0.05) is 0 Å². The number of nitrogens with one attached hydrogen (secondary N) is 2. The van der Waals surface area contributed by atoms with Gasteiger partial charge in [-0.1, -0.05) is 30.3 Å². The number of urea groups is 1. The summed E-state index contributed by atoms with van der Waals surface area (Å²) in [6, 6.07) is 14.0. The molecule has 2 amide bonds. The van der Waals surface area contributed by atoms with E-state index in [0.717, 1.165) is 24.8 Å². The topological polar surface area (TPSA) is 50.4 Å². The van der Waals surface area contributed by atoms with Gasteiger partial charge in [-0.3, -0.25) is 0 Å². The molecule has 4 nitrogen and oxygen atoms in total. The van der Waals surface area contributed by atoms with Crippen molar-refractivity contribution in [3.05, 3.63) is 59.2 Å². The van der Waals surface area contributed by atoms with Gasteiger partial charge in [-0.15, -0.1) is 0 Å². The second-order valence-electron chi connectivity index (χ2n) is 6.17. The highest BCUT2D eigenvalue weighted by Crippen LogP contribution is 2.30. The molecule has 0 spiro atoms. The zero-order valence-electron chi connectivity index (χ0n) is 14.3. The van der Waals surface area contributed by atoms with E-state index in [4.69, 9.17) is 4.74 Å². The number of rotatable bonds is 4. The zero-order chi connectivity index (χ0) is 16.9. The standard InChI is InChI=1S/C20H24N2O2/c1-3-24-19-13-14(2)11-12-18(19)22-20(23)21-17-10-6-8-15-7-4-5-9-16(15)17/h4-5,7,9,11-13,17H,3,6,8,10H2,1-2H3,(H2,21,22,23). The van der Waals surface area contributed by atoms with Gasteiger partial charge in [0.15, 0.2) is 0 Å². The largest absolute Gasteiger partial charge is 0.492 e. The Morgan fingerprint density at radius 3 is 2.92 bits per heavy atom. The first-order valence-electron chi connectivity index (χ1n) is 8.56. The van der Waals surface area contributed by atoms with Crippen molar-refractivity contribution in [1.82, 2.24) is 5.32 Å². The number of hydrogen-bond acceptors (Lipinski definition) is 2. The lowest BCUT2D eigenvalue weighted by atomic mass is 9.88. The van der Waals surface area contributed by atoms with Crippen LogP contribution in [-0.4, -0.2) is 12.6 Å². The van der Waals surface area contributed by atoms with Crippen LogP contribution in [0.3, 0.4) is 0 Å². The van der Waals surface area contributed by atoms with Crippen molar-refractivity contribution in [3.8, 4) is 5.75 Å². The fourth-order valence-electron chi connectivity index (χ4n) is 3.23. The minimum absolute atomic E-state index is 0.0657. The van der Waals surface area contributed by atoms with Crippen LogP contribution in [0.1, 0.15) is 42.5 Å². The first-order chi connectivity index (χ1) is 11.7. The molecule has 4 heteroatoms. The van der Waals surface area contributed by atoms with E-state index in [0.29, 0.717) is 18.0 Å². The molecular formula is C20H24N2O2. The van der Waals surface area contributed by atoms with Gasteiger partial charge in [-0.25, -0.2) is 4.79 Å². The SMILES string of the molecule is CCOc1cc(C)ccc1NC(=O)NC1CCCc2ccccc21. The molecule has 1 unspecified atom stereocenters. The molecule has 24 heavy (non-hydrogen) atoms. The number of carbonyl (C=O) groups is 1. The molecule has 2 aromatic carbocycles. The molecule has 3 rings (SSSR count). The number of carbonyl (C=O) groups excluding carboxylic acids is 1. The number of benzene rings is 2. The molecule has 0 radical (unpaired) electrons. The second-order valence-corrected chi connectivity index (χ2v) is 6.17. The Balaban J connectivity index is 1.71. The molecule has 0 fully saturated rings. The van der Waals surface area contributed by atoms with Crippen molar-refractivity contribution in [1.29, 1.82) is 0 Å². The van der Waals surface area contributed by atoms with Crippen LogP contribution in [0.4, 0.5) is 10.5 Å². The number of hydrogen-bond donors (Lipinski definition) is 2. The molecule has 1 aliphatic rings. The van der Waals surface area contributed by atoms with E-state index in [1.54, 1.807) is 0 Å². The average molecular weight is 324 g/mol. The minimum atomic E-state index is -0.193. The monoisotopic (exact) mass is 324 g/mol. The van der Waals surface area contributed by atoms with Gasteiger partial charge >= 0.3 is 6.03 Å². The highest BCUT2D eigenvalue weighted by Gasteiger charge is 2.21. The molecule has 0 aliphatic heterocycles. The number of fused-ring (bicyclic) bond motifs is 1. The maximum Gasteiger partial charge on any atom is 0.319 e. The average Bonchev–Trinajstić information content (AvgIpc) is 2.58. The van der Waals surface area contributed by atoms with Gasteiger partial charge in [0.2, 0.25) is 0 Å². The summed E-state index contributed by atoms with van der Waals surface area (Å²) >= 11 is 0. The van der Waals surface area contributed by atoms with Crippen LogP contribution in [0.2, 0.25) is 0 Å². The Bertz CT molecular complexity index is 727. The van der Waals surface area contributed by atoms with Crippen LogP contribution >= 0.6 is 0 Å². The molecule has 0 saturated carbocycles. The Hall–Kier alpha value is -2.49. The quantitative estimate of drug-likeness (QED) is 0.864. The van der Waals surface area contributed by atoms with Crippen LogP contribution in [0.5, 0.6) is 5.75 Å². The summed E-state index contributed by atoms with van der Waals surface area (Å²) in [5.41, 5.74) is 4.36. The van der Waals surface area contributed by atoms with Gasteiger partial charge in [0.25, 0.3) is 0 Å². The molecule has 0 heterocycles. The van der Waals surface area contributed by atoms with E-state index in [2.05, 4.69) is 28.8 Å². The van der Waals surface area contributed by atoms with Gasteiger partial charge in [-0.05, 0) is 61.9 Å². The van der Waals surface area contributed by atoms with Gasteiger partial charge in [0.1, 0.15) is 5.75 Å². The third kappa shape index (κ3) is 3.70. The van der Waals surface area contributed by atoms with Crippen molar-refractivity contribution in [2.45, 2.75) is 39.2 Å². The third-order valence-electron chi connectivity index (χ3n) is 4.36. The van der Waals surface area contributed by atoms with Gasteiger partial charge in [0.05, 0.1) is 18.3 Å². The summed E-state index contributed by atoms with van der Waals surface area (Å²) in [6.45, 7) is 4.51. The predicted molar refractivity (Wildman–Crippen MR) is 96.6 cm³/mol. The Morgan fingerprint density at radius 2 is 2.08 bits per heavy atom. The molecule has 2 N–H and O–H groups in total. The summed E-state index contributed by atoms with van der Waals surface area (Å²) in [7, 11) is 0. The fourth-order valence-corrected chi connectivity index (χ4v) is 3.23. The molecule has 0 bridgehead atoms. The summed E-state index contributed by atoms with van der Waals surface area (Å²) in [5.74, 6) is 0.705. The maximum atomic E-state index is 12.5. The second kappa shape index (κ2) is 7.39. The highest BCUT2D eigenvalue weighted by atomic mass is 16.5. The highest BCUT2D eigenvalue weighted by molar-refractivity contribution is 5.91. The third-order valence-corrected chi connectivity index (χ3v) is 4.36. The molecule has 126 valence electrons. The molecule has 0 aromatic heterocycles. The van der Waals surface area contributed by atoms with Crippen LogP contribution in [0.15, 0.2) is 42.5 Å². The Kier molecular flexibility index (Phi) is 5.04. The summed E-state index contributed by atoms with van der Waals surface area (Å²) in [6.07, 6.45) is 3.15. The summed E-state index contributed by atoms with van der Waals surface area (Å²) < 4.78 is 5.62. The maximum absolute atomic E-state index is 12.5. The molecule has 2 aromatic rings. The summed E-state index contributed by atoms with van der Waals surface area (Å²) in [4.78, 5) is 12.5. The smallest absolute Gasteiger partial charge is 0.319 e. The van der Waals surface area contributed by atoms with Crippen molar-refractivity contribution < 1.29 is 9.53 Å². The van der Waals surface area contributed by atoms with E-state index in [-0.39, 0.29) is 12.1 Å². The van der Waals surface area contributed by atoms with E-state index in [1.807, 2.05) is 38.1 Å². The van der Waals surface area contributed by atoms with Gasteiger partial charge in [-0.2, -0.15) is 0 Å². The van der Waals surface area contributed by atoms with E-state index >= 15 is 0 Å². The number of ether oxygens (including phenoxy) is 1. The molecular weight excluding hydrogens is 300 g/mol. The first-order valence-corrected chi connectivity index (χ1v) is 8.56. The lowest BCUT2D eigenvalue weighted by molar-refractivity contribution is 0.247. The Labute approximate surface area is 143 Å². The lowest BCUT2D eigenvalue weighted by Crippen LogP contribution is -2.34. The normalized spacial score (nSPS) is 16.2. The predicted octanol–water partition coefficient (Wildman–Crippen LogP) is 4.59. The number of aryl methyl sites for hydroxylation is 2. The van der Waals surface area contributed by atoms with Crippen LogP contribution in [0, 0.1) is 6.92 Å². The Morgan fingerprint density at radius 1 is 1.25 bits per heavy atom. The minimum Gasteiger partial charge on any atom is -0.492 e. The first kappa shape index (κ1) is 16.4. The van der Waals surface area contributed by atoms with Gasteiger partial charge < -0.3 is 15.4 Å². The molecule has 0 saturated heterocycles. The van der Waals surface area contributed by atoms with E-state index < -0.39 is 0 Å². The van der Waals surface area contributed by atoms with E-state index in [9.17, 15) is 4.79 Å². The molecule has 1 aliphatic carbocycles. The van der Waals surface area contributed by atoms with Crippen LogP contribution < -0.4 is 15.4 Å². The van der Waals surface area contributed by atoms with Crippen LogP contribution in [-0.2, 0) is 6.42 Å². The lowest BCUT2D eigenvalue weighted by Gasteiger charge is -2.26. The van der Waals surface area contributed by atoms with Crippen molar-refractivity contribution in [3.63, 3.8) is 0 Å². The fraction of sp³-hybridized carbons (Fsp3) is 0.350. The van der Waals surface area contributed by atoms with Crippen molar-refractivity contribution in [2.75, 3.05) is 11.9 Å². The van der Waals surface area contributed by atoms with E-state index in [1.165, 1.54) is 11.1 Å². The van der Waals surface area contributed by atoms with Crippen LogP contribution in [0.25, 0.3) is 0 Å². The summed E-state index contributed by atoms with van der Waals surface area (Å²) in [5, 5.41) is 6.03. The zero-order valence-corrected chi connectivity index (χ0v) is 14.3. The van der Waals surface area contributed by atoms with Crippen molar-refractivity contribution in [2.24, 2.45) is 0 Å². The van der Waals surface area contributed by atoms with Crippen molar-refractivity contribution >= 4 is 11.7 Å². The molecule has 1 atom stereocenters. The number of amides is 2.